The summed E-state index contributed by atoms with van der Waals surface area (Å²) in [6, 6.07) is 9.17. The molecule has 8 aromatic rings. The predicted molar refractivity (Wildman–Crippen MR) is 161 cm³/mol. The van der Waals surface area contributed by atoms with Crippen molar-refractivity contribution in [3.8, 4) is 0 Å². The van der Waals surface area contributed by atoms with E-state index in [4.69, 9.17) is 0 Å². The third kappa shape index (κ3) is 4.94. The average Bonchev–Trinajstić information content (AvgIpc) is 3.52. The number of halogens is 12. The van der Waals surface area contributed by atoms with Crippen LogP contribution >= 0.6 is 0 Å². The van der Waals surface area contributed by atoms with Gasteiger partial charge >= 0.3 is 24.7 Å². The first kappa shape index (κ1) is 32.4. The number of fused-ring (bicyclic) bond motifs is 9. The highest BCUT2D eigenvalue weighted by atomic mass is 19.4. The smallest absolute Gasteiger partial charge is 0.229 e. The molecular formula is C31H10F12N8. The maximum Gasteiger partial charge on any atom is 0.435 e. The van der Waals surface area contributed by atoms with Crippen LogP contribution in [0.15, 0.2) is 46.4 Å². The molecule has 0 unspecified atom stereocenters. The van der Waals surface area contributed by atoms with Crippen molar-refractivity contribution in [2.75, 3.05) is 0 Å². The second-order valence-electron chi connectivity index (χ2n) is 11.3. The van der Waals surface area contributed by atoms with Gasteiger partial charge in [0.05, 0.1) is 11.0 Å². The van der Waals surface area contributed by atoms with Gasteiger partial charge in [-0.2, -0.15) is 52.7 Å². The molecule has 0 saturated heterocycles. The summed E-state index contributed by atoms with van der Waals surface area (Å²) in [4.78, 5) is 29.8. The lowest BCUT2D eigenvalue weighted by Crippen LogP contribution is -2.21. The predicted octanol–water partition coefficient (Wildman–Crippen LogP) is 9.96. The van der Waals surface area contributed by atoms with E-state index in [1.165, 1.54) is 24.3 Å². The van der Waals surface area contributed by atoms with Crippen molar-refractivity contribution in [1.82, 2.24) is 29.9 Å². The Labute approximate surface area is 272 Å². The van der Waals surface area contributed by atoms with Gasteiger partial charge in [0.25, 0.3) is 0 Å². The number of benzene rings is 3. The van der Waals surface area contributed by atoms with Crippen molar-refractivity contribution in [2.24, 2.45) is 9.98 Å². The summed E-state index contributed by atoms with van der Waals surface area (Å²) in [6.45, 7) is 0.586. The van der Waals surface area contributed by atoms with Gasteiger partial charge in [-0.1, -0.05) is 36.4 Å². The largest absolute Gasteiger partial charge is 0.435 e. The Morgan fingerprint density at radius 3 is 1.43 bits per heavy atom. The van der Waals surface area contributed by atoms with Crippen molar-refractivity contribution in [2.45, 2.75) is 31.6 Å². The van der Waals surface area contributed by atoms with Gasteiger partial charge in [-0.3, -0.25) is 0 Å². The summed E-state index contributed by atoms with van der Waals surface area (Å²) in [5.41, 5.74) is -7.92. The van der Waals surface area contributed by atoms with Crippen LogP contribution < -0.4 is 0 Å². The van der Waals surface area contributed by atoms with Crippen LogP contribution in [0.4, 0.5) is 64.3 Å². The van der Waals surface area contributed by atoms with Crippen LogP contribution in [0.25, 0.3) is 76.5 Å². The molecule has 0 aliphatic carbocycles. The third-order valence-corrected chi connectivity index (χ3v) is 8.08. The van der Waals surface area contributed by atoms with Crippen LogP contribution in [-0.2, 0) is 12.4 Å². The van der Waals surface area contributed by atoms with Gasteiger partial charge in [-0.15, -0.1) is 0 Å². The molecule has 0 fully saturated rings. The zero-order valence-electron chi connectivity index (χ0n) is 24.7. The molecule has 8 rings (SSSR count). The van der Waals surface area contributed by atoms with Gasteiger partial charge in [-0.05, 0) is 17.7 Å². The monoisotopic (exact) mass is 722 g/mol. The van der Waals surface area contributed by atoms with Gasteiger partial charge in [0.2, 0.25) is 0 Å². The minimum absolute atomic E-state index is 0.0382. The number of nitrogens with zero attached hydrogens (tertiary/aromatic N) is 8. The maximum absolute atomic E-state index is 13.7. The highest BCUT2D eigenvalue weighted by molar-refractivity contribution is 6.46. The van der Waals surface area contributed by atoms with E-state index in [9.17, 15) is 52.7 Å². The van der Waals surface area contributed by atoms with Gasteiger partial charge < -0.3 is 0 Å². The lowest BCUT2D eigenvalue weighted by molar-refractivity contribution is -0.167. The van der Waals surface area contributed by atoms with Crippen molar-refractivity contribution in [1.29, 1.82) is 0 Å². The Hall–Kier alpha value is -5.82. The number of rotatable bonds is 2. The van der Waals surface area contributed by atoms with Gasteiger partial charge in [0.1, 0.15) is 23.0 Å². The van der Waals surface area contributed by atoms with Gasteiger partial charge in [0, 0.05) is 32.3 Å². The molecule has 0 spiro atoms. The van der Waals surface area contributed by atoms with E-state index in [0.29, 0.717) is 28.5 Å². The minimum Gasteiger partial charge on any atom is -0.229 e. The Morgan fingerprint density at radius 1 is 0.529 bits per heavy atom. The molecule has 0 atom stereocenters. The van der Waals surface area contributed by atoms with Crippen LogP contribution in [0.5, 0.6) is 0 Å². The van der Waals surface area contributed by atoms with Crippen LogP contribution in [-0.4, -0.2) is 54.2 Å². The van der Waals surface area contributed by atoms with E-state index >= 15 is 0 Å². The highest BCUT2D eigenvalue weighted by Crippen LogP contribution is 2.50. The zero-order valence-corrected chi connectivity index (χ0v) is 24.7. The van der Waals surface area contributed by atoms with Crippen molar-refractivity contribution in [3.63, 3.8) is 0 Å². The van der Waals surface area contributed by atoms with E-state index in [-0.39, 0.29) is 43.6 Å². The first-order chi connectivity index (χ1) is 23.7. The van der Waals surface area contributed by atoms with Crippen LogP contribution in [0.1, 0.15) is 18.3 Å². The SMILES string of the molecule is CC(=Nc1nc2c3cccc4c3c(c3cccc5c6nc7nc(C(F)(F)F)c(C(F)(F)F)nc7nc6c4c53)c2nc1N=CC(F)(F)F)C(F)(F)F. The Balaban J connectivity index is 1.53. The molecular weight excluding hydrogens is 712 g/mol. The lowest BCUT2D eigenvalue weighted by atomic mass is 9.96. The Kier molecular flexibility index (Phi) is 6.43. The van der Waals surface area contributed by atoms with E-state index in [2.05, 4.69) is 39.9 Å². The molecule has 0 amide bonds. The van der Waals surface area contributed by atoms with Gasteiger partial charge in [0.15, 0.2) is 34.3 Å². The standard InChI is InChI=1S/C31H10F12N8/c1-9(29(35,36)37)45-25-24(44-8-28(32,33)34)48-20-16-10-4-2-7-13-15(10)17(11-5-3-6-12(14(11)16)18(20)46-25)21-19(13)47-26-27(49-21)51-23(31(41,42)43)22(50-26)30(38,39)40/h2-8H,1H3. The fraction of sp³-hybridized carbons (Fsp3) is 0.161. The Bertz CT molecular complexity index is 2820. The molecule has 8 nitrogen and oxygen atoms in total. The number of aliphatic imine (C=N–C) groups is 2. The molecule has 0 saturated carbocycles. The molecule has 3 heterocycles. The average molecular weight is 722 g/mol. The summed E-state index contributed by atoms with van der Waals surface area (Å²) in [5.74, 6) is -1.74. The van der Waals surface area contributed by atoms with Crippen LogP contribution in [0, 0.1) is 0 Å². The Morgan fingerprint density at radius 2 is 0.961 bits per heavy atom. The van der Waals surface area contributed by atoms with Crippen molar-refractivity contribution in [3.05, 3.63) is 47.8 Å². The third-order valence-electron chi connectivity index (χ3n) is 8.08. The van der Waals surface area contributed by atoms with Crippen molar-refractivity contribution < 1.29 is 52.7 Å². The van der Waals surface area contributed by atoms with E-state index in [1.54, 1.807) is 12.1 Å². The molecule has 0 N–H and O–H groups in total. The second-order valence-corrected chi connectivity index (χ2v) is 11.3. The first-order valence-electron chi connectivity index (χ1n) is 14.2. The zero-order chi connectivity index (χ0) is 36.6. The minimum atomic E-state index is -5.55. The molecule has 51 heavy (non-hydrogen) atoms. The van der Waals surface area contributed by atoms with E-state index < -0.39 is 70.9 Å². The summed E-state index contributed by atoms with van der Waals surface area (Å²) in [6.07, 6.45) is -21.5. The summed E-state index contributed by atoms with van der Waals surface area (Å²) >= 11 is 0. The maximum atomic E-state index is 13.7. The summed E-state index contributed by atoms with van der Waals surface area (Å²) < 4.78 is 162. The van der Waals surface area contributed by atoms with E-state index in [1.807, 2.05) is 0 Å². The topological polar surface area (TPSA) is 102 Å². The molecule has 258 valence electrons. The van der Waals surface area contributed by atoms with Crippen LogP contribution in [0.3, 0.4) is 0 Å². The molecule has 0 aliphatic heterocycles. The summed E-state index contributed by atoms with van der Waals surface area (Å²) in [5, 5.41) is 2.43. The summed E-state index contributed by atoms with van der Waals surface area (Å²) in [7, 11) is 0. The molecule has 20 heteroatoms. The fourth-order valence-electron chi connectivity index (χ4n) is 6.16. The number of alkyl halides is 12. The number of hydrogen-bond donors (Lipinski definition) is 0. The van der Waals surface area contributed by atoms with Crippen LogP contribution in [0.2, 0.25) is 0 Å². The highest BCUT2D eigenvalue weighted by Gasteiger charge is 2.47. The normalized spacial score (nSPS) is 14.4. The second kappa shape index (κ2) is 10.1. The number of hydrogen-bond acceptors (Lipinski definition) is 8. The van der Waals surface area contributed by atoms with E-state index in [0.717, 1.165) is 0 Å². The molecule has 0 bridgehead atoms. The quantitative estimate of drug-likeness (QED) is 0.100. The first-order valence-corrected chi connectivity index (χ1v) is 14.2. The fourth-order valence-corrected chi connectivity index (χ4v) is 6.16. The molecule has 5 aromatic carbocycles. The molecule has 0 aliphatic rings. The van der Waals surface area contributed by atoms with Gasteiger partial charge in [-0.25, -0.2) is 39.9 Å². The lowest BCUT2D eigenvalue weighted by Gasteiger charge is -2.13. The van der Waals surface area contributed by atoms with Crippen molar-refractivity contribution >= 4 is 100 Å². The molecule has 0 radical (unpaired) electrons. The molecule has 3 aromatic heterocycles. The number of aromatic nitrogens is 6.